The van der Waals surface area contributed by atoms with Crippen molar-refractivity contribution in [3.05, 3.63) is 108 Å². The molecule has 4 rings (SSSR count). The minimum atomic E-state index is -0.629. The predicted octanol–water partition coefficient (Wildman–Crippen LogP) is 5.90. The Morgan fingerprint density at radius 1 is 0.640 bits per heavy atom. The predicted molar refractivity (Wildman–Crippen MR) is 105 cm³/mol. The van der Waals surface area contributed by atoms with E-state index < -0.39 is 6.10 Å². The Bertz CT molecular complexity index is 1000. The van der Waals surface area contributed by atoms with Gasteiger partial charge in [-0.2, -0.15) is 0 Å². The smallest absolute Gasteiger partial charge is 0.105 e. The third-order valence-corrected chi connectivity index (χ3v) is 4.80. The van der Waals surface area contributed by atoms with Gasteiger partial charge in [0.2, 0.25) is 0 Å². The average molecular weight is 324 g/mol. The first-order chi connectivity index (χ1) is 12.2. The summed E-state index contributed by atoms with van der Waals surface area (Å²) in [5.74, 6) is 0. The topological polar surface area (TPSA) is 20.2 Å². The van der Waals surface area contributed by atoms with Gasteiger partial charge in [-0.3, -0.25) is 0 Å². The van der Waals surface area contributed by atoms with Crippen LogP contribution in [-0.2, 0) is 0 Å². The zero-order valence-corrected chi connectivity index (χ0v) is 14.2. The van der Waals surface area contributed by atoms with Crippen LogP contribution in [0.25, 0.3) is 21.9 Å². The summed E-state index contributed by atoms with van der Waals surface area (Å²) in [6.07, 6.45) is -0.629. The average Bonchev–Trinajstić information content (AvgIpc) is 2.68. The number of aliphatic hydroxyl groups is 1. The molecule has 122 valence electrons. The maximum atomic E-state index is 11.0. The SMILES string of the molecule is Cc1ccc2ccccc2c1C(O)c1ccc(-c2ccccc2)cc1. The van der Waals surface area contributed by atoms with Crippen LogP contribution in [0.5, 0.6) is 0 Å². The molecule has 25 heavy (non-hydrogen) atoms. The van der Waals surface area contributed by atoms with Gasteiger partial charge in [0.25, 0.3) is 0 Å². The molecular weight excluding hydrogens is 304 g/mol. The van der Waals surface area contributed by atoms with Crippen LogP contribution in [0.2, 0.25) is 0 Å². The van der Waals surface area contributed by atoms with Gasteiger partial charge in [0.1, 0.15) is 6.10 Å². The van der Waals surface area contributed by atoms with Crippen LogP contribution in [0.15, 0.2) is 91.0 Å². The number of hydrogen-bond acceptors (Lipinski definition) is 1. The number of benzene rings is 4. The Morgan fingerprint density at radius 3 is 2.04 bits per heavy atom. The van der Waals surface area contributed by atoms with E-state index in [2.05, 4.69) is 55.5 Å². The van der Waals surface area contributed by atoms with Crippen molar-refractivity contribution >= 4 is 10.8 Å². The largest absolute Gasteiger partial charge is 0.384 e. The van der Waals surface area contributed by atoms with Crippen molar-refractivity contribution in [3.8, 4) is 11.1 Å². The van der Waals surface area contributed by atoms with E-state index in [0.29, 0.717) is 0 Å². The number of rotatable bonds is 3. The second kappa shape index (κ2) is 6.54. The van der Waals surface area contributed by atoms with Gasteiger partial charge in [0.05, 0.1) is 0 Å². The Hall–Kier alpha value is -2.90. The molecule has 0 spiro atoms. The van der Waals surface area contributed by atoms with Crippen molar-refractivity contribution in [1.29, 1.82) is 0 Å². The lowest BCUT2D eigenvalue weighted by molar-refractivity contribution is 0.221. The van der Waals surface area contributed by atoms with Crippen molar-refractivity contribution in [1.82, 2.24) is 0 Å². The van der Waals surface area contributed by atoms with Gasteiger partial charge in [-0.25, -0.2) is 0 Å². The van der Waals surface area contributed by atoms with Gasteiger partial charge in [0, 0.05) is 0 Å². The second-order valence-electron chi connectivity index (χ2n) is 6.41. The van der Waals surface area contributed by atoms with E-state index in [1.807, 2.05) is 42.5 Å². The van der Waals surface area contributed by atoms with Crippen LogP contribution in [0.1, 0.15) is 22.8 Å². The van der Waals surface area contributed by atoms with E-state index in [9.17, 15) is 5.11 Å². The molecule has 1 N–H and O–H groups in total. The fraction of sp³-hybridized carbons (Fsp3) is 0.0833. The summed E-state index contributed by atoms with van der Waals surface area (Å²) in [5.41, 5.74) is 5.36. The Morgan fingerprint density at radius 2 is 1.28 bits per heavy atom. The molecule has 0 heterocycles. The zero-order valence-electron chi connectivity index (χ0n) is 14.2. The molecule has 0 saturated heterocycles. The Kier molecular flexibility index (Phi) is 4.09. The first kappa shape index (κ1) is 15.6. The molecular formula is C24H20O. The summed E-state index contributed by atoms with van der Waals surface area (Å²) >= 11 is 0. The highest BCUT2D eigenvalue weighted by atomic mass is 16.3. The van der Waals surface area contributed by atoms with Crippen LogP contribution >= 0.6 is 0 Å². The molecule has 0 bridgehead atoms. The standard InChI is InChI=1S/C24H20O/c1-17-11-12-20-9-5-6-10-22(20)23(17)24(25)21-15-13-19(14-16-21)18-7-3-2-4-8-18/h2-16,24-25H,1H3. The van der Waals surface area contributed by atoms with E-state index in [0.717, 1.165) is 33.0 Å². The van der Waals surface area contributed by atoms with Crippen molar-refractivity contribution < 1.29 is 5.11 Å². The number of aryl methyl sites for hydroxylation is 1. The lowest BCUT2D eigenvalue weighted by atomic mass is 9.91. The molecule has 1 heteroatoms. The van der Waals surface area contributed by atoms with E-state index >= 15 is 0 Å². The van der Waals surface area contributed by atoms with E-state index in [1.54, 1.807) is 0 Å². The zero-order chi connectivity index (χ0) is 17.2. The summed E-state index contributed by atoms with van der Waals surface area (Å²) in [4.78, 5) is 0. The number of fused-ring (bicyclic) bond motifs is 1. The molecule has 0 fully saturated rings. The number of hydrogen-bond donors (Lipinski definition) is 1. The van der Waals surface area contributed by atoms with Crippen LogP contribution in [0, 0.1) is 6.92 Å². The summed E-state index contributed by atoms with van der Waals surface area (Å²) in [6, 6.07) is 30.9. The van der Waals surface area contributed by atoms with Crippen LogP contribution < -0.4 is 0 Å². The van der Waals surface area contributed by atoms with Gasteiger partial charge in [-0.15, -0.1) is 0 Å². The molecule has 4 aromatic rings. The van der Waals surface area contributed by atoms with Gasteiger partial charge >= 0.3 is 0 Å². The molecule has 1 nitrogen and oxygen atoms in total. The maximum absolute atomic E-state index is 11.0. The normalized spacial score (nSPS) is 12.2. The minimum Gasteiger partial charge on any atom is -0.384 e. The van der Waals surface area contributed by atoms with Gasteiger partial charge in [-0.05, 0) is 45.5 Å². The summed E-state index contributed by atoms with van der Waals surface area (Å²) < 4.78 is 0. The van der Waals surface area contributed by atoms with E-state index in [4.69, 9.17) is 0 Å². The quantitative estimate of drug-likeness (QED) is 0.497. The lowest BCUT2D eigenvalue weighted by Gasteiger charge is -2.17. The fourth-order valence-corrected chi connectivity index (χ4v) is 3.42. The van der Waals surface area contributed by atoms with Crippen molar-refractivity contribution in [2.75, 3.05) is 0 Å². The molecule has 0 radical (unpaired) electrons. The number of aliphatic hydroxyl groups excluding tert-OH is 1. The molecule has 0 aliphatic carbocycles. The highest BCUT2D eigenvalue weighted by Crippen LogP contribution is 2.32. The molecule has 4 aromatic carbocycles. The molecule has 1 atom stereocenters. The monoisotopic (exact) mass is 324 g/mol. The third-order valence-electron chi connectivity index (χ3n) is 4.80. The van der Waals surface area contributed by atoms with Gasteiger partial charge in [-0.1, -0.05) is 91.0 Å². The first-order valence-corrected chi connectivity index (χ1v) is 8.56. The van der Waals surface area contributed by atoms with Crippen molar-refractivity contribution in [3.63, 3.8) is 0 Å². The molecule has 0 aliphatic rings. The van der Waals surface area contributed by atoms with Crippen LogP contribution in [0.3, 0.4) is 0 Å². The van der Waals surface area contributed by atoms with E-state index in [-0.39, 0.29) is 0 Å². The second-order valence-corrected chi connectivity index (χ2v) is 6.41. The van der Waals surface area contributed by atoms with Crippen LogP contribution in [-0.4, -0.2) is 5.11 Å². The maximum Gasteiger partial charge on any atom is 0.105 e. The third kappa shape index (κ3) is 2.95. The van der Waals surface area contributed by atoms with Gasteiger partial charge in [0.15, 0.2) is 0 Å². The summed E-state index contributed by atoms with van der Waals surface area (Å²) in [7, 11) is 0. The summed E-state index contributed by atoms with van der Waals surface area (Å²) in [6.45, 7) is 2.06. The van der Waals surface area contributed by atoms with Crippen LogP contribution in [0.4, 0.5) is 0 Å². The molecule has 1 unspecified atom stereocenters. The minimum absolute atomic E-state index is 0.629. The molecule has 0 saturated carbocycles. The molecule has 0 aromatic heterocycles. The molecule has 0 aliphatic heterocycles. The molecule has 0 amide bonds. The highest BCUT2D eigenvalue weighted by Gasteiger charge is 2.16. The highest BCUT2D eigenvalue weighted by molar-refractivity contribution is 5.87. The van der Waals surface area contributed by atoms with Crippen molar-refractivity contribution in [2.24, 2.45) is 0 Å². The van der Waals surface area contributed by atoms with Crippen molar-refractivity contribution in [2.45, 2.75) is 13.0 Å². The Labute approximate surface area is 148 Å². The van der Waals surface area contributed by atoms with Gasteiger partial charge < -0.3 is 5.11 Å². The fourth-order valence-electron chi connectivity index (χ4n) is 3.42. The summed E-state index contributed by atoms with van der Waals surface area (Å²) in [5, 5.41) is 13.3. The van der Waals surface area contributed by atoms with E-state index in [1.165, 1.54) is 5.56 Å². The lowest BCUT2D eigenvalue weighted by Crippen LogP contribution is -2.03. The first-order valence-electron chi connectivity index (χ1n) is 8.56. The Balaban J connectivity index is 1.75.